The molecule has 3 rings (SSSR count). The van der Waals surface area contributed by atoms with Gasteiger partial charge in [-0.25, -0.2) is 17.7 Å². The lowest BCUT2D eigenvalue weighted by Gasteiger charge is -2.11. The van der Waals surface area contributed by atoms with Crippen LogP contribution in [0, 0.1) is 0 Å². The van der Waals surface area contributed by atoms with E-state index in [9.17, 15) is 13.2 Å². The summed E-state index contributed by atoms with van der Waals surface area (Å²) in [5, 5.41) is 6.25. The summed E-state index contributed by atoms with van der Waals surface area (Å²) in [5.74, 6) is -0.511. The zero-order chi connectivity index (χ0) is 20.3. The fraction of sp³-hybridized carbons (Fsp3) is 0.368. The predicted molar refractivity (Wildman–Crippen MR) is 113 cm³/mol. The first-order valence-electron chi connectivity index (χ1n) is 9.06. The molecule has 28 heavy (non-hydrogen) atoms. The summed E-state index contributed by atoms with van der Waals surface area (Å²) in [6.45, 7) is 3.04. The van der Waals surface area contributed by atoms with E-state index in [-0.39, 0.29) is 18.2 Å². The molecule has 0 aliphatic heterocycles. The van der Waals surface area contributed by atoms with Crippen molar-refractivity contribution in [3.05, 3.63) is 41.4 Å². The van der Waals surface area contributed by atoms with Crippen molar-refractivity contribution >= 4 is 38.2 Å². The molecule has 0 fully saturated rings. The summed E-state index contributed by atoms with van der Waals surface area (Å²) >= 11 is 1.41. The molecule has 3 aromatic rings. The van der Waals surface area contributed by atoms with E-state index < -0.39 is 10.0 Å². The van der Waals surface area contributed by atoms with Crippen molar-refractivity contribution in [2.45, 2.75) is 19.9 Å². The number of para-hydroxylation sites is 1. The van der Waals surface area contributed by atoms with Crippen molar-refractivity contribution in [2.75, 3.05) is 26.4 Å². The zero-order valence-electron chi connectivity index (χ0n) is 16.2. The third kappa shape index (κ3) is 4.26. The number of nitrogens with zero attached hydrogens (tertiary/aromatic N) is 3. The van der Waals surface area contributed by atoms with Gasteiger partial charge >= 0.3 is 0 Å². The molecule has 0 atom stereocenters. The molecule has 7 nitrogen and oxygen atoms in total. The minimum atomic E-state index is -3.34. The van der Waals surface area contributed by atoms with Crippen LogP contribution < -0.4 is 5.32 Å². The summed E-state index contributed by atoms with van der Waals surface area (Å²) in [4.78, 5) is 16.8. The van der Waals surface area contributed by atoms with Gasteiger partial charge in [0.15, 0.2) is 0 Å². The van der Waals surface area contributed by atoms with Crippen LogP contribution in [0.1, 0.15) is 23.8 Å². The van der Waals surface area contributed by atoms with Crippen LogP contribution in [0.2, 0.25) is 0 Å². The monoisotopic (exact) mass is 420 g/mol. The van der Waals surface area contributed by atoms with Crippen molar-refractivity contribution in [1.29, 1.82) is 0 Å². The van der Waals surface area contributed by atoms with Gasteiger partial charge in [-0.2, -0.15) is 0 Å². The summed E-state index contributed by atoms with van der Waals surface area (Å²) in [6, 6.07) is 10.3. The second-order valence-electron chi connectivity index (χ2n) is 6.63. The molecule has 1 amide bonds. The molecule has 2 aromatic heterocycles. The Balaban J connectivity index is 1.78. The lowest BCUT2D eigenvalue weighted by Crippen LogP contribution is -2.34. The number of nitrogens with one attached hydrogen (secondary N) is 1. The minimum Gasteiger partial charge on any atom is -0.350 e. The standard InChI is InChI=1S/C19H24N4O3S2/c1-4-10-23-16-8-6-5-7-14(16)12-17(23)19-21-15(13-27-19)18(24)20-9-11-28(25,26)22(2)3/h5-8,12-13H,4,9-11H2,1-3H3,(H,20,24). The maximum atomic E-state index is 12.3. The Bertz CT molecular complexity index is 1080. The van der Waals surface area contributed by atoms with E-state index in [1.165, 1.54) is 25.4 Å². The molecular formula is C19H24N4O3S2. The van der Waals surface area contributed by atoms with Crippen LogP contribution in [0.4, 0.5) is 0 Å². The summed E-state index contributed by atoms with van der Waals surface area (Å²) in [7, 11) is -0.400. The molecule has 0 saturated heterocycles. The van der Waals surface area contributed by atoms with Crippen molar-refractivity contribution < 1.29 is 13.2 Å². The van der Waals surface area contributed by atoms with E-state index in [4.69, 9.17) is 0 Å². The van der Waals surface area contributed by atoms with Crippen molar-refractivity contribution in [3.63, 3.8) is 0 Å². The SMILES string of the molecule is CCCn1c(-c2nc(C(=O)NCCS(=O)(=O)N(C)C)cs2)cc2ccccc21. The van der Waals surface area contributed by atoms with Crippen LogP contribution >= 0.6 is 11.3 Å². The van der Waals surface area contributed by atoms with E-state index in [1.54, 1.807) is 5.38 Å². The number of thiazole rings is 1. The predicted octanol–water partition coefficient (Wildman–Crippen LogP) is 2.80. The summed E-state index contributed by atoms with van der Waals surface area (Å²) in [5.41, 5.74) is 2.44. The third-order valence-electron chi connectivity index (χ3n) is 4.42. The van der Waals surface area contributed by atoms with Crippen molar-refractivity contribution in [1.82, 2.24) is 19.2 Å². The van der Waals surface area contributed by atoms with Gasteiger partial charge in [-0.05, 0) is 18.6 Å². The highest BCUT2D eigenvalue weighted by Crippen LogP contribution is 2.30. The Hall–Kier alpha value is -2.23. The van der Waals surface area contributed by atoms with Gasteiger partial charge < -0.3 is 9.88 Å². The van der Waals surface area contributed by atoms with Crippen LogP contribution in [0.15, 0.2) is 35.7 Å². The number of aromatic nitrogens is 2. The maximum absolute atomic E-state index is 12.3. The molecule has 0 aliphatic carbocycles. The largest absolute Gasteiger partial charge is 0.350 e. The molecule has 0 bridgehead atoms. The fourth-order valence-electron chi connectivity index (χ4n) is 2.91. The smallest absolute Gasteiger partial charge is 0.270 e. The summed E-state index contributed by atoms with van der Waals surface area (Å²) in [6.07, 6.45) is 0.991. The average Bonchev–Trinajstić information content (AvgIpc) is 3.27. The number of fused-ring (bicyclic) bond motifs is 1. The van der Waals surface area contributed by atoms with E-state index in [1.807, 2.05) is 12.1 Å². The highest BCUT2D eigenvalue weighted by atomic mass is 32.2. The number of sulfonamides is 1. The number of amides is 1. The Morgan fingerprint density at radius 3 is 2.75 bits per heavy atom. The van der Waals surface area contributed by atoms with Crippen LogP contribution in [0.3, 0.4) is 0 Å². The number of hydrogen-bond acceptors (Lipinski definition) is 5. The molecule has 150 valence electrons. The third-order valence-corrected chi connectivity index (χ3v) is 7.11. The van der Waals surface area contributed by atoms with Crippen molar-refractivity contribution in [2.24, 2.45) is 0 Å². The first kappa shape index (κ1) is 20.5. The molecule has 1 aromatic carbocycles. The average molecular weight is 421 g/mol. The van der Waals surface area contributed by atoms with E-state index in [2.05, 4.69) is 40.0 Å². The van der Waals surface area contributed by atoms with Crippen molar-refractivity contribution in [3.8, 4) is 10.7 Å². The van der Waals surface area contributed by atoms with Gasteiger partial charge in [-0.15, -0.1) is 11.3 Å². The molecule has 0 spiro atoms. The Kier molecular flexibility index (Phi) is 6.17. The van der Waals surface area contributed by atoms with E-state index >= 15 is 0 Å². The quantitative estimate of drug-likeness (QED) is 0.607. The van der Waals surface area contributed by atoms with E-state index in [0.29, 0.717) is 5.69 Å². The Morgan fingerprint density at radius 1 is 1.29 bits per heavy atom. The second kappa shape index (κ2) is 8.42. The van der Waals surface area contributed by atoms with Crippen LogP contribution in [0.5, 0.6) is 0 Å². The molecular weight excluding hydrogens is 396 g/mol. The molecule has 9 heteroatoms. The molecule has 0 unspecified atom stereocenters. The van der Waals surface area contributed by atoms with Gasteiger partial charge in [-0.3, -0.25) is 4.79 Å². The maximum Gasteiger partial charge on any atom is 0.270 e. The summed E-state index contributed by atoms with van der Waals surface area (Å²) < 4.78 is 26.9. The molecule has 0 saturated carbocycles. The molecule has 1 N–H and O–H groups in total. The Morgan fingerprint density at radius 2 is 2.04 bits per heavy atom. The van der Waals surface area contributed by atoms with Gasteiger partial charge in [0, 0.05) is 43.5 Å². The fourth-order valence-corrected chi connectivity index (χ4v) is 4.46. The van der Waals surface area contributed by atoms with Crippen LogP contribution in [-0.2, 0) is 16.6 Å². The van der Waals surface area contributed by atoms with Gasteiger partial charge in [-0.1, -0.05) is 25.1 Å². The lowest BCUT2D eigenvalue weighted by atomic mass is 10.2. The van der Waals surface area contributed by atoms with Crippen LogP contribution in [-0.4, -0.2) is 54.6 Å². The lowest BCUT2D eigenvalue weighted by molar-refractivity contribution is 0.0952. The highest BCUT2D eigenvalue weighted by Gasteiger charge is 2.18. The number of carbonyl (C=O) groups is 1. The minimum absolute atomic E-state index is 0.0440. The number of aryl methyl sites for hydroxylation is 1. The normalized spacial score (nSPS) is 12.0. The number of benzene rings is 1. The van der Waals surface area contributed by atoms with E-state index in [0.717, 1.165) is 38.9 Å². The van der Waals surface area contributed by atoms with Gasteiger partial charge in [0.25, 0.3) is 5.91 Å². The topological polar surface area (TPSA) is 84.3 Å². The number of hydrogen-bond donors (Lipinski definition) is 1. The van der Waals surface area contributed by atoms with Crippen LogP contribution in [0.25, 0.3) is 21.6 Å². The second-order valence-corrected chi connectivity index (χ2v) is 9.79. The first-order chi connectivity index (χ1) is 13.3. The van der Waals surface area contributed by atoms with Gasteiger partial charge in [0.1, 0.15) is 10.7 Å². The van der Waals surface area contributed by atoms with Gasteiger partial charge in [0.2, 0.25) is 10.0 Å². The zero-order valence-corrected chi connectivity index (χ0v) is 17.8. The number of carbonyl (C=O) groups excluding carboxylic acids is 1. The number of rotatable bonds is 8. The molecule has 0 aliphatic rings. The molecule has 2 heterocycles. The van der Waals surface area contributed by atoms with Gasteiger partial charge in [0.05, 0.1) is 11.4 Å². The Labute approximate surface area is 169 Å². The highest BCUT2D eigenvalue weighted by molar-refractivity contribution is 7.89. The molecule has 0 radical (unpaired) electrons. The first-order valence-corrected chi connectivity index (χ1v) is 11.5.